The monoisotopic (exact) mass is 313 g/mol. The van der Waals surface area contributed by atoms with Crippen LogP contribution in [-0.2, 0) is 17.9 Å². The predicted molar refractivity (Wildman–Crippen MR) is 88.3 cm³/mol. The number of hydrazine groups is 1. The molecule has 1 fully saturated rings. The van der Waals surface area contributed by atoms with Gasteiger partial charge in [-0.3, -0.25) is 15.6 Å². The zero-order valence-corrected chi connectivity index (χ0v) is 13.5. The number of hydrogen-bond donors (Lipinski definition) is 3. The molecule has 2 atom stereocenters. The summed E-state index contributed by atoms with van der Waals surface area (Å²) in [6.45, 7) is 5.37. The number of hydrogen-bond acceptors (Lipinski definition) is 4. The van der Waals surface area contributed by atoms with E-state index in [0.717, 1.165) is 12.1 Å². The van der Waals surface area contributed by atoms with E-state index in [-0.39, 0.29) is 23.9 Å². The van der Waals surface area contributed by atoms with Crippen molar-refractivity contribution < 1.29 is 4.79 Å². The van der Waals surface area contributed by atoms with Gasteiger partial charge in [-0.25, -0.2) is 4.98 Å². The Kier molecular flexibility index (Phi) is 4.73. The average Bonchev–Trinajstić information content (AvgIpc) is 3.15. The molecule has 1 aliphatic rings. The molecule has 1 saturated heterocycles. The van der Waals surface area contributed by atoms with Crippen LogP contribution in [0.4, 0.5) is 0 Å². The third-order valence-electron chi connectivity index (χ3n) is 4.30. The summed E-state index contributed by atoms with van der Waals surface area (Å²) in [5.41, 5.74) is 8.53. The van der Waals surface area contributed by atoms with Crippen LogP contribution in [-0.4, -0.2) is 27.5 Å². The Morgan fingerprint density at radius 3 is 2.70 bits per heavy atom. The summed E-state index contributed by atoms with van der Waals surface area (Å²) < 4.78 is 2.02. The quantitative estimate of drug-likeness (QED) is 0.771. The molecule has 1 aromatic carbocycles. The second kappa shape index (κ2) is 6.93. The van der Waals surface area contributed by atoms with Gasteiger partial charge in [0.15, 0.2) is 0 Å². The molecule has 0 saturated carbocycles. The summed E-state index contributed by atoms with van der Waals surface area (Å²) in [5.74, 6) is 0.0339. The molecule has 0 radical (unpaired) electrons. The molecule has 2 aromatic rings. The molecular formula is C17H23N5O. The molecule has 0 bridgehead atoms. The summed E-state index contributed by atoms with van der Waals surface area (Å²) in [7, 11) is 0. The highest BCUT2D eigenvalue weighted by molar-refractivity contribution is 5.80. The standard InChI is InChI=1S/C17H23N5O/c1-12-16(13(2)21-20-12)17(23)19-9-14-4-3-5-15(8-14)10-22-7-6-18-11-22/h3-8,11-13,16,20-21H,9-10H2,1-2H3,(H,19,23). The smallest absolute Gasteiger partial charge is 0.226 e. The van der Waals surface area contributed by atoms with Crippen LogP contribution in [0.1, 0.15) is 25.0 Å². The maximum absolute atomic E-state index is 12.4. The van der Waals surface area contributed by atoms with E-state index >= 15 is 0 Å². The van der Waals surface area contributed by atoms with Crippen molar-refractivity contribution >= 4 is 5.91 Å². The average molecular weight is 313 g/mol. The third-order valence-corrected chi connectivity index (χ3v) is 4.30. The molecule has 0 spiro atoms. The van der Waals surface area contributed by atoms with Crippen molar-refractivity contribution in [2.75, 3.05) is 0 Å². The Morgan fingerprint density at radius 2 is 2.00 bits per heavy atom. The van der Waals surface area contributed by atoms with Crippen LogP contribution in [0.5, 0.6) is 0 Å². The number of amides is 1. The van der Waals surface area contributed by atoms with E-state index in [2.05, 4.69) is 33.3 Å². The van der Waals surface area contributed by atoms with Crippen molar-refractivity contribution in [2.45, 2.75) is 39.0 Å². The van der Waals surface area contributed by atoms with Crippen molar-refractivity contribution in [3.8, 4) is 0 Å². The van der Waals surface area contributed by atoms with E-state index < -0.39 is 0 Å². The molecule has 122 valence electrons. The summed E-state index contributed by atoms with van der Waals surface area (Å²) in [6.07, 6.45) is 5.52. The fourth-order valence-electron chi connectivity index (χ4n) is 3.07. The van der Waals surface area contributed by atoms with Gasteiger partial charge in [0.1, 0.15) is 0 Å². The van der Waals surface area contributed by atoms with Crippen LogP contribution < -0.4 is 16.2 Å². The number of nitrogens with zero attached hydrogens (tertiary/aromatic N) is 2. The second-order valence-corrected chi connectivity index (χ2v) is 6.16. The molecule has 0 aliphatic carbocycles. The first kappa shape index (κ1) is 15.7. The van der Waals surface area contributed by atoms with Crippen molar-refractivity contribution in [1.82, 2.24) is 25.7 Å². The minimum atomic E-state index is -0.0517. The van der Waals surface area contributed by atoms with Gasteiger partial charge in [-0.05, 0) is 25.0 Å². The highest BCUT2D eigenvalue weighted by atomic mass is 16.2. The van der Waals surface area contributed by atoms with Crippen molar-refractivity contribution in [1.29, 1.82) is 0 Å². The van der Waals surface area contributed by atoms with Gasteiger partial charge in [0.25, 0.3) is 0 Å². The van der Waals surface area contributed by atoms with Gasteiger partial charge in [0.2, 0.25) is 5.91 Å². The van der Waals surface area contributed by atoms with Crippen molar-refractivity contribution in [3.63, 3.8) is 0 Å². The van der Waals surface area contributed by atoms with E-state index in [4.69, 9.17) is 0 Å². The van der Waals surface area contributed by atoms with Crippen LogP contribution in [0.15, 0.2) is 43.0 Å². The molecule has 3 rings (SSSR count). The van der Waals surface area contributed by atoms with Crippen LogP contribution >= 0.6 is 0 Å². The number of aromatic nitrogens is 2. The van der Waals surface area contributed by atoms with E-state index in [9.17, 15) is 4.79 Å². The molecule has 1 aromatic heterocycles. The van der Waals surface area contributed by atoms with Gasteiger partial charge >= 0.3 is 0 Å². The molecule has 1 aliphatic heterocycles. The van der Waals surface area contributed by atoms with Gasteiger partial charge in [0, 0.05) is 37.6 Å². The molecule has 2 unspecified atom stereocenters. The summed E-state index contributed by atoms with van der Waals surface area (Å²) in [4.78, 5) is 16.4. The molecule has 3 N–H and O–H groups in total. The van der Waals surface area contributed by atoms with E-state index in [1.165, 1.54) is 5.56 Å². The summed E-state index contributed by atoms with van der Waals surface area (Å²) in [5, 5.41) is 3.05. The molecule has 2 heterocycles. The number of nitrogens with one attached hydrogen (secondary N) is 3. The highest BCUT2D eigenvalue weighted by Crippen LogP contribution is 2.15. The van der Waals surface area contributed by atoms with Gasteiger partial charge in [-0.15, -0.1) is 0 Å². The Balaban J connectivity index is 1.59. The van der Waals surface area contributed by atoms with Gasteiger partial charge < -0.3 is 9.88 Å². The number of carbonyl (C=O) groups excluding carboxylic acids is 1. The van der Waals surface area contributed by atoms with Gasteiger partial charge in [-0.1, -0.05) is 24.3 Å². The number of rotatable bonds is 5. The maximum atomic E-state index is 12.4. The summed E-state index contributed by atoms with van der Waals surface area (Å²) in [6, 6.07) is 8.54. The number of imidazole rings is 1. The zero-order chi connectivity index (χ0) is 16.2. The lowest BCUT2D eigenvalue weighted by Gasteiger charge is -2.17. The molecule has 6 nitrogen and oxygen atoms in total. The first-order chi connectivity index (χ1) is 11.1. The SMILES string of the molecule is CC1NNC(C)C1C(=O)NCc1cccc(Cn2ccnc2)c1. The zero-order valence-electron chi connectivity index (χ0n) is 13.5. The number of benzene rings is 1. The fourth-order valence-corrected chi connectivity index (χ4v) is 3.07. The largest absolute Gasteiger partial charge is 0.352 e. The summed E-state index contributed by atoms with van der Waals surface area (Å²) >= 11 is 0. The van der Waals surface area contributed by atoms with Crippen LogP contribution in [0.3, 0.4) is 0 Å². The topological polar surface area (TPSA) is 71.0 Å². The Labute approximate surface area is 136 Å². The fraction of sp³-hybridized carbons (Fsp3) is 0.412. The van der Waals surface area contributed by atoms with E-state index in [1.54, 1.807) is 12.5 Å². The van der Waals surface area contributed by atoms with Crippen LogP contribution in [0.25, 0.3) is 0 Å². The number of carbonyl (C=O) groups is 1. The maximum Gasteiger partial charge on any atom is 0.226 e. The van der Waals surface area contributed by atoms with Crippen LogP contribution in [0, 0.1) is 5.92 Å². The van der Waals surface area contributed by atoms with Crippen LogP contribution in [0.2, 0.25) is 0 Å². The van der Waals surface area contributed by atoms with Crippen molar-refractivity contribution in [2.24, 2.45) is 5.92 Å². The van der Waals surface area contributed by atoms with Crippen molar-refractivity contribution in [3.05, 3.63) is 54.1 Å². The molecular weight excluding hydrogens is 290 g/mol. The Bertz CT molecular complexity index is 645. The Morgan fingerprint density at radius 1 is 1.26 bits per heavy atom. The minimum absolute atomic E-state index is 0.0517. The lowest BCUT2D eigenvalue weighted by molar-refractivity contribution is -0.125. The molecule has 23 heavy (non-hydrogen) atoms. The first-order valence-electron chi connectivity index (χ1n) is 7.96. The third kappa shape index (κ3) is 3.78. The van der Waals surface area contributed by atoms with E-state index in [1.807, 2.05) is 36.7 Å². The lowest BCUT2D eigenvalue weighted by atomic mass is 9.95. The van der Waals surface area contributed by atoms with Gasteiger partial charge in [0.05, 0.1) is 12.2 Å². The predicted octanol–water partition coefficient (Wildman–Crippen LogP) is 1.05. The highest BCUT2D eigenvalue weighted by Gasteiger charge is 2.35. The minimum Gasteiger partial charge on any atom is -0.352 e. The lowest BCUT2D eigenvalue weighted by Crippen LogP contribution is -2.39. The van der Waals surface area contributed by atoms with Gasteiger partial charge in [-0.2, -0.15) is 0 Å². The normalized spacial score (nSPS) is 23.8. The van der Waals surface area contributed by atoms with E-state index in [0.29, 0.717) is 6.54 Å². The molecule has 1 amide bonds. The second-order valence-electron chi connectivity index (χ2n) is 6.16. The first-order valence-corrected chi connectivity index (χ1v) is 7.96. The molecule has 6 heteroatoms. The Hall–Kier alpha value is -2.18.